The van der Waals surface area contributed by atoms with E-state index in [1.807, 2.05) is 24.5 Å². The Labute approximate surface area is 93.3 Å². The van der Waals surface area contributed by atoms with Crippen molar-refractivity contribution in [2.75, 3.05) is 13.1 Å². The highest BCUT2D eigenvalue weighted by Crippen LogP contribution is 2.34. The van der Waals surface area contributed by atoms with Crippen molar-refractivity contribution in [3.63, 3.8) is 0 Å². The molecule has 1 aromatic rings. The summed E-state index contributed by atoms with van der Waals surface area (Å²) >= 11 is 5.94. The Bertz CT molecular complexity index is 419. The summed E-state index contributed by atoms with van der Waals surface area (Å²) in [7, 11) is 0. The molecule has 2 aliphatic heterocycles. The third-order valence-electron chi connectivity index (χ3n) is 2.79. The van der Waals surface area contributed by atoms with Gasteiger partial charge in [0, 0.05) is 17.1 Å². The quantitative estimate of drug-likeness (QED) is 0.728. The highest BCUT2D eigenvalue weighted by Gasteiger charge is 2.28. The van der Waals surface area contributed by atoms with Crippen LogP contribution in [0.5, 0.6) is 0 Å². The maximum Gasteiger partial charge on any atom is 0.157 e. The topological polar surface area (TPSA) is 24.8 Å². The molecule has 0 saturated carbocycles. The van der Waals surface area contributed by atoms with Gasteiger partial charge < -0.3 is 9.64 Å². The van der Waals surface area contributed by atoms with Gasteiger partial charge in [0.15, 0.2) is 6.23 Å². The Kier molecular flexibility index (Phi) is 2.15. The number of halogens is 1. The lowest BCUT2D eigenvalue weighted by Gasteiger charge is -2.22. The summed E-state index contributed by atoms with van der Waals surface area (Å²) in [4.78, 5) is 6.32. The van der Waals surface area contributed by atoms with Crippen LogP contribution in [0.3, 0.4) is 0 Å². The van der Waals surface area contributed by atoms with E-state index in [1.165, 1.54) is 11.1 Å². The number of benzene rings is 1. The van der Waals surface area contributed by atoms with Crippen LogP contribution in [0.4, 0.5) is 0 Å². The first-order valence-corrected chi connectivity index (χ1v) is 5.38. The van der Waals surface area contributed by atoms with E-state index in [0.29, 0.717) is 6.61 Å². The molecule has 3 nitrogen and oxygen atoms in total. The Morgan fingerprint density at radius 1 is 1.47 bits per heavy atom. The van der Waals surface area contributed by atoms with Crippen LogP contribution in [-0.4, -0.2) is 24.3 Å². The second-order valence-electron chi connectivity index (χ2n) is 3.77. The fourth-order valence-electron chi connectivity index (χ4n) is 2.04. The number of nitrogens with zero attached hydrogens (tertiary/aromatic N) is 2. The van der Waals surface area contributed by atoms with Gasteiger partial charge >= 0.3 is 0 Å². The molecule has 4 heteroatoms. The van der Waals surface area contributed by atoms with E-state index in [2.05, 4.69) is 9.89 Å². The number of ether oxygens (including phenoxy) is 1. The van der Waals surface area contributed by atoms with E-state index in [4.69, 9.17) is 16.3 Å². The van der Waals surface area contributed by atoms with Crippen LogP contribution in [0.25, 0.3) is 0 Å². The van der Waals surface area contributed by atoms with Crippen molar-refractivity contribution >= 4 is 17.9 Å². The molecule has 0 amide bonds. The minimum Gasteiger partial charge on any atom is -0.349 e. The second kappa shape index (κ2) is 3.51. The highest BCUT2D eigenvalue weighted by atomic mass is 35.5. The smallest absolute Gasteiger partial charge is 0.157 e. The number of hydrogen-bond acceptors (Lipinski definition) is 3. The predicted octanol–water partition coefficient (Wildman–Crippen LogP) is 2.21. The predicted molar refractivity (Wildman–Crippen MR) is 59.0 cm³/mol. The van der Waals surface area contributed by atoms with E-state index in [1.54, 1.807) is 0 Å². The fourth-order valence-corrected chi connectivity index (χ4v) is 2.24. The molecule has 0 spiro atoms. The van der Waals surface area contributed by atoms with Crippen LogP contribution < -0.4 is 0 Å². The van der Waals surface area contributed by atoms with Crippen molar-refractivity contribution in [1.29, 1.82) is 0 Å². The molecule has 2 aliphatic rings. The molecule has 1 atom stereocenters. The summed E-state index contributed by atoms with van der Waals surface area (Å²) in [6.45, 7) is 2.44. The summed E-state index contributed by atoms with van der Waals surface area (Å²) in [5.41, 5.74) is 2.40. The highest BCUT2D eigenvalue weighted by molar-refractivity contribution is 6.30. The third-order valence-corrected chi connectivity index (χ3v) is 3.02. The Hall–Kier alpha value is -1.06. The molecule has 15 heavy (non-hydrogen) atoms. The van der Waals surface area contributed by atoms with Gasteiger partial charge in [-0.1, -0.05) is 17.7 Å². The average molecular weight is 223 g/mol. The molecule has 0 aliphatic carbocycles. The van der Waals surface area contributed by atoms with Gasteiger partial charge in [-0.2, -0.15) is 0 Å². The SMILES string of the molecule is Clc1ccc2c(c1)COC2N1C=NCC1. The third kappa shape index (κ3) is 1.52. The van der Waals surface area contributed by atoms with E-state index in [9.17, 15) is 0 Å². The summed E-state index contributed by atoms with van der Waals surface area (Å²) in [5.74, 6) is 0. The Balaban J connectivity index is 1.94. The maximum atomic E-state index is 5.94. The normalized spacial score (nSPS) is 23.5. The minimum atomic E-state index is 0.0310. The van der Waals surface area contributed by atoms with Gasteiger partial charge in [0.05, 0.1) is 19.5 Å². The molecule has 1 unspecified atom stereocenters. The summed E-state index contributed by atoms with van der Waals surface area (Å²) in [5, 5.41) is 0.771. The van der Waals surface area contributed by atoms with Gasteiger partial charge in [-0.15, -0.1) is 0 Å². The molecule has 0 radical (unpaired) electrons. The lowest BCUT2D eigenvalue weighted by Crippen LogP contribution is -2.25. The Morgan fingerprint density at radius 3 is 3.20 bits per heavy atom. The zero-order valence-corrected chi connectivity index (χ0v) is 8.94. The van der Waals surface area contributed by atoms with Crippen LogP contribution in [0.2, 0.25) is 5.02 Å². The fraction of sp³-hybridized carbons (Fsp3) is 0.364. The van der Waals surface area contributed by atoms with Gasteiger partial charge in [-0.25, -0.2) is 0 Å². The first-order valence-electron chi connectivity index (χ1n) is 5.00. The van der Waals surface area contributed by atoms with E-state index >= 15 is 0 Å². The van der Waals surface area contributed by atoms with Crippen molar-refractivity contribution < 1.29 is 4.74 Å². The lowest BCUT2D eigenvalue weighted by atomic mass is 10.1. The van der Waals surface area contributed by atoms with Gasteiger partial charge in [0.2, 0.25) is 0 Å². The zero-order chi connectivity index (χ0) is 10.3. The van der Waals surface area contributed by atoms with Crippen LogP contribution in [-0.2, 0) is 11.3 Å². The van der Waals surface area contributed by atoms with Crippen molar-refractivity contribution in [3.05, 3.63) is 34.3 Å². The Morgan fingerprint density at radius 2 is 2.40 bits per heavy atom. The molecule has 0 bridgehead atoms. The lowest BCUT2D eigenvalue weighted by molar-refractivity contribution is -0.0101. The molecule has 78 valence electrons. The number of fused-ring (bicyclic) bond motifs is 1. The monoisotopic (exact) mass is 222 g/mol. The van der Waals surface area contributed by atoms with Crippen molar-refractivity contribution in [2.24, 2.45) is 4.99 Å². The average Bonchev–Trinajstić information content (AvgIpc) is 2.82. The van der Waals surface area contributed by atoms with Gasteiger partial charge in [0.1, 0.15) is 0 Å². The first-order chi connectivity index (χ1) is 7.34. The van der Waals surface area contributed by atoms with Crippen LogP contribution in [0.1, 0.15) is 17.4 Å². The number of hydrogen-bond donors (Lipinski definition) is 0. The number of rotatable bonds is 1. The van der Waals surface area contributed by atoms with Crippen molar-refractivity contribution in [2.45, 2.75) is 12.8 Å². The molecule has 0 fully saturated rings. The van der Waals surface area contributed by atoms with Gasteiger partial charge in [0.25, 0.3) is 0 Å². The largest absolute Gasteiger partial charge is 0.349 e. The molecule has 3 rings (SSSR count). The van der Waals surface area contributed by atoms with Gasteiger partial charge in [-0.3, -0.25) is 4.99 Å². The van der Waals surface area contributed by atoms with Gasteiger partial charge in [-0.05, 0) is 17.7 Å². The van der Waals surface area contributed by atoms with E-state index < -0.39 is 0 Å². The second-order valence-corrected chi connectivity index (χ2v) is 4.20. The molecule has 0 saturated heterocycles. The van der Waals surface area contributed by atoms with E-state index in [0.717, 1.165) is 18.1 Å². The van der Waals surface area contributed by atoms with E-state index in [-0.39, 0.29) is 6.23 Å². The molecule has 2 heterocycles. The van der Waals surface area contributed by atoms with Crippen LogP contribution >= 0.6 is 11.6 Å². The molecular formula is C11H11ClN2O. The minimum absolute atomic E-state index is 0.0310. The molecule has 1 aromatic carbocycles. The first kappa shape index (κ1) is 9.19. The van der Waals surface area contributed by atoms with Crippen molar-refractivity contribution in [3.8, 4) is 0 Å². The number of aliphatic imine (C=N–C) groups is 1. The molecule has 0 aromatic heterocycles. The zero-order valence-electron chi connectivity index (χ0n) is 8.19. The van der Waals surface area contributed by atoms with Crippen LogP contribution in [0.15, 0.2) is 23.2 Å². The molecular weight excluding hydrogens is 212 g/mol. The maximum absolute atomic E-state index is 5.94. The summed E-state index contributed by atoms with van der Waals surface area (Å²) in [6.07, 6.45) is 1.90. The molecule has 0 N–H and O–H groups in total. The summed E-state index contributed by atoms with van der Waals surface area (Å²) < 4.78 is 5.74. The van der Waals surface area contributed by atoms with Crippen LogP contribution in [0, 0.1) is 0 Å². The summed E-state index contributed by atoms with van der Waals surface area (Å²) in [6, 6.07) is 5.93. The van der Waals surface area contributed by atoms with Crippen molar-refractivity contribution in [1.82, 2.24) is 4.90 Å². The standard InChI is InChI=1S/C11H11ClN2O/c12-9-1-2-10-8(5-9)6-15-11(10)14-4-3-13-7-14/h1-2,5,7,11H,3-4,6H2.